The van der Waals surface area contributed by atoms with Gasteiger partial charge in [-0.15, -0.1) is 0 Å². The van der Waals surface area contributed by atoms with Gasteiger partial charge in [-0.1, -0.05) is 6.07 Å². The molecule has 1 aromatic rings. The van der Waals surface area contributed by atoms with Crippen LogP contribution in [0, 0.1) is 0 Å². The summed E-state index contributed by atoms with van der Waals surface area (Å²) in [6, 6.07) is 5.06. The van der Waals surface area contributed by atoms with Crippen molar-refractivity contribution in [2.45, 2.75) is 63.1 Å². The second-order valence-corrected chi connectivity index (χ2v) is 10.0. The Bertz CT molecular complexity index is 796. The Hall–Kier alpha value is -1.64. The molecule has 1 aromatic carbocycles. The van der Waals surface area contributed by atoms with Crippen LogP contribution in [0.3, 0.4) is 0 Å². The number of carbonyl (C=O) groups is 1. The molecule has 0 bridgehead atoms. The number of benzene rings is 1. The number of rotatable bonds is 4. The van der Waals surface area contributed by atoms with E-state index in [1.807, 2.05) is 26.8 Å². The SMILES string of the molecule is CC(C)(C)NC(=O)N1CCc2cc(S(=O)(=O)NC[C@@H]3CCCO3)ccc2C1. The quantitative estimate of drug-likeness (QED) is 0.816. The van der Waals surface area contributed by atoms with Gasteiger partial charge in [0, 0.05) is 31.8 Å². The molecule has 1 fully saturated rings. The van der Waals surface area contributed by atoms with E-state index in [1.165, 1.54) is 0 Å². The highest BCUT2D eigenvalue weighted by molar-refractivity contribution is 7.89. The normalized spacial score (nSPS) is 20.4. The first-order chi connectivity index (χ1) is 12.6. The van der Waals surface area contributed by atoms with Gasteiger partial charge in [-0.25, -0.2) is 17.9 Å². The molecule has 0 spiro atoms. The fraction of sp³-hybridized carbons (Fsp3) is 0.632. The summed E-state index contributed by atoms with van der Waals surface area (Å²) < 4.78 is 33.2. The molecular formula is C19H29N3O4S. The lowest BCUT2D eigenvalue weighted by Crippen LogP contribution is -2.49. The molecule has 2 heterocycles. The van der Waals surface area contributed by atoms with E-state index >= 15 is 0 Å². The highest BCUT2D eigenvalue weighted by Gasteiger charge is 2.26. The number of nitrogens with one attached hydrogen (secondary N) is 2. The molecule has 150 valence electrons. The van der Waals surface area contributed by atoms with Crippen molar-refractivity contribution >= 4 is 16.1 Å². The Morgan fingerprint density at radius 3 is 2.74 bits per heavy atom. The summed E-state index contributed by atoms with van der Waals surface area (Å²) in [5.41, 5.74) is 1.68. The lowest BCUT2D eigenvalue weighted by molar-refractivity contribution is 0.114. The van der Waals surface area contributed by atoms with E-state index in [2.05, 4.69) is 10.0 Å². The van der Waals surface area contributed by atoms with Crippen molar-refractivity contribution in [3.05, 3.63) is 29.3 Å². The average Bonchev–Trinajstić information content (AvgIpc) is 3.11. The molecule has 2 amide bonds. The van der Waals surface area contributed by atoms with Crippen molar-refractivity contribution in [3.63, 3.8) is 0 Å². The third-order valence-corrected chi connectivity index (χ3v) is 6.22. The highest BCUT2D eigenvalue weighted by atomic mass is 32.2. The van der Waals surface area contributed by atoms with E-state index in [4.69, 9.17) is 4.74 Å². The average molecular weight is 396 g/mol. The fourth-order valence-electron chi connectivity index (χ4n) is 3.36. The summed E-state index contributed by atoms with van der Waals surface area (Å²) in [5.74, 6) is 0. The van der Waals surface area contributed by atoms with Crippen LogP contribution in [0.4, 0.5) is 4.79 Å². The molecule has 7 nitrogen and oxygen atoms in total. The summed E-state index contributed by atoms with van der Waals surface area (Å²) in [4.78, 5) is 14.4. The second kappa shape index (κ2) is 7.77. The van der Waals surface area contributed by atoms with E-state index in [0.717, 1.165) is 24.0 Å². The minimum absolute atomic E-state index is 0.0349. The molecule has 1 saturated heterocycles. The van der Waals surface area contributed by atoms with E-state index in [-0.39, 0.29) is 22.6 Å². The number of carbonyl (C=O) groups excluding carboxylic acids is 1. The summed E-state index contributed by atoms with van der Waals surface area (Å²) in [5, 5.41) is 2.97. The molecule has 8 heteroatoms. The van der Waals surface area contributed by atoms with Crippen LogP contribution < -0.4 is 10.0 Å². The third-order valence-electron chi connectivity index (χ3n) is 4.79. The summed E-state index contributed by atoms with van der Waals surface area (Å²) in [7, 11) is -3.56. The maximum atomic E-state index is 12.6. The highest BCUT2D eigenvalue weighted by Crippen LogP contribution is 2.23. The summed E-state index contributed by atoms with van der Waals surface area (Å²) in [6.07, 6.45) is 2.47. The molecule has 1 atom stereocenters. The van der Waals surface area contributed by atoms with Crippen molar-refractivity contribution in [1.29, 1.82) is 0 Å². The zero-order valence-electron chi connectivity index (χ0n) is 16.2. The second-order valence-electron chi connectivity index (χ2n) is 8.27. The summed E-state index contributed by atoms with van der Waals surface area (Å²) >= 11 is 0. The van der Waals surface area contributed by atoms with Gasteiger partial charge in [0.1, 0.15) is 0 Å². The number of ether oxygens (including phenoxy) is 1. The van der Waals surface area contributed by atoms with Crippen LogP contribution in [0.5, 0.6) is 0 Å². The van der Waals surface area contributed by atoms with Crippen LogP contribution in [-0.4, -0.2) is 50.7 Å². The molecular weight excluding hydrogens is 366 g/mol. The number of fused-ring (bicyclic) bond motifs is 1. The molecule has 0 aliphatic carbocycles. The Morgan fingerprint density at radius 1 is 1.30 bits per heavy atom. The Morgan fingerprint density at radius 2 is 2.07 bits per heavy atom. The third kappa shape index (κ3) is 5.21. The fourth-order valence-corrected chi connectivity index (χ4v) is 4.48. The van der Waals surface area contributed by atoms with Crippen molar-refractivity contribution in [2.75, 3.05) is 19.7 Å². The van der Waals surface area contributed by atoms with E-state index in [1.54, 1.807) is 17.0 Å². The molecule has 0 saturated carbocycles. The molecule has 2 aliphatic rings. The van der Waals surface area contributed by atoms with Gasteiger partial charge in [0.25, 0.3) is 0 Å². The smallest absolute Gasteiger partial charge is 0.318 e. The zero-order valence-corrected chi connectivity index (χ0v) is 17.1. The zero-order chi connectivity index (χ0) is 19.7. The Kier molecular flexibility index (Phi) is 5.79. The molecule has 0 unspecified atom stereocenters. The maximum Gasteiger partial charge on any atom is 0.318 e. The number of hydrogen-bond acceptors (Lipinski definition) is 4. The van der Waals surface area contributed by atoms with Crippen molar-refractivity contribution in [2.24, 2.45) is 0 Å². The minimum atomic E-state index is -3.56. The number of sulfonamides is 1. The monoisotopic (exact) mass is 395 g/mol. The maximum absolute atomic E-state index is 12.6. The molecule has 2 N–H and O–H groups in total. The van der Waals surface area contributed by atoms with E-state index < -0.39 is 10.0 Å². The van der Waals surface area contributed by atoms with Crippen molar-refractivity contribution < 1.29 is 17.9 Å². The predicted molar refractivity (Wildman–Crippen MR) is 103 cm³/mol. The summed E-state index contributed by atoms with van der Waals surface area (Å²) in [6.45, 7) is 7.91. The number of hydrogen-bond donors (Lipinski definition) is 2. The molecule has 0 radical (unpaired) electrons. The Balaban J connectivity index is 1.66. The van der Waals surface area contributed by atoms with Gasteiger partial charge < -0.3 is 15.0 Å². The molecule has 3 rings (SSSR count). The van der Waals surface area contributed by atoms with Gasteiger partial charge in [-0.2, -0.15) is 0 Å². The molecule has 0 aromatic heterocycles. The van der Waals surface area contributed by atoms with Crippen LogP contribution in [0.25, 0.3) is 0 Å². The van der Waals surface area contributed by atoms with Crippen LogP contribution in [0.15, 0.2) is 23.1 Å². The number of urea groups is 1. The van der Waals surface area contributed by atoms with Crippen LogP contribution in [-0.2, 0) is 27.7 Å². The lowest BCUT2D eigenvalue weighted by atomic mass is 10.00. The van der Waals surface area contributed by atoms with Gasteiger partial charge in [0.2, 0.25) is 10.0 Å². The minimum Gasteiger partial charge on any atom is -0.377 e. The first kappa shape index (κ1) is 20.1. The van der Waals surface area contributed by atoms with Crippen LogP contribution >= 0.6 is 0 Å². The van der Waals surface area contributed by atoms with E-state index in [0.29, 0.717) is 32.7 Å². The van der Waals surface area contributed by atoms with Gasteiger partial charge >= 0.3 is 6.03 Å². The first-order valence-corrected chi connectivity index (χ1v) is 10.9. The van der Waals surface area contributed by atoms with Crippen molar-refractivity contribution in [1.82, 2.24) is 14.9 Å². The lowest BCUT2D eigenvalue weighted by Gasteiger charge is -2.32. The number of nitrogens with zero attached hydrogens (tertiary/aromatic N) is 1. The van der Waals surface area contributed by atoms with Crippen LogP contribution in [0.1, 0.15) is 44.7 Å². The predicted octanol–water partition coefficient (Wildman–Crippen LogP) is 2.01. The van der Waals surface area contributed by atoms with Crippen LogP contribution in [0.2, 0.25) is 0 Å². The topological polar surface area (TPSA) is 87.7 Å². The number of amides is 2. The molecule has 27 heavy (non-hydrogen) atoms. The first-order valence-electron chi connectivity index (χ1n) is 9.44. The Labute approximate surface area is 161 Å². The molecule has 2 aliphatic heterocycles. The van der Waals surface area contributed by atoms with Gasteiger partial charge in [0.05, 0.1) is 11.0 Å². The van der Waals surface area contributed by atoms with Gasteiger partial charge in [-0.05, 0) is 63.3 Å². The largest absolute Gasteiger partial charge is 0.377 e. The standard InChI is InChI=1S/C19H29N3O4S/c1-19(2,3)21-18(23)22-9-8-14-11-17(7-6-15(14)13-22)27(24,25)20-12-16-5-4-10-26-16/h6-7,11,16,20H,4-5,8-10,12-13H2,1-3H3,(H,21,23)/t16-/m0/s1. The van der Waals surface area contributed by atoms with Gasteiger partial charge in [-0.3, -0.25) is 0 Å². The van der Waals surface area contributed by atoms with Crippen molar-refractivity contribution in [3.8, 4) is 0 Å². The van der Waals surface area contributed by atoms with E-state index in [9.17, 15) is 13.2 Å². The van der Waals surface area contributed by atoms with Gasteiger partial charge in [0.15, 0.2) is 0 Å².